The molecule has 0 saturated heterocycles. The molecule has 0 unspecified atom stereocenters. The summed E-state index contributed by atoms with van der Waals surface area (Å²) in [6, 6.07) is 7.58. The van der Waals surface area contributed by atoms with E-state index >= 15 is 0 Å². The Labute approximate surface area is 82.2 Å². The van der Waals surface area contributed by atoms with Gasteiger partial charge in [0.2, 0.25) is 0 Å². The molecule has 1 aromatic carbocycles. The molecule has 0 aliphatic heterocycles. The first-order valence-corrected chi connectivity index (χ1v) is 4.41. The standard InChI is InChI=1S/C10H11ClFN/c11-10-5-2-1-4-9(10)8-13-7-3-6-12/h1-6,13H,7-8H2. The van der Waals surface area contributed by atoms with E-state index in [9.17, 15) is 4.39 Å². The van der Waals surface area contributed by atoms with Crippen LogP contribution in [0.3, 0.4) is 0 Å². The zero-order chi connectivity index (χ0) is 9.52. The summed E-state index contributed by atoms with van der Waals surface area (Å²) >= 11 is 5.90. The van der Waals surface area contributed by atoms with Crippen molar-refractivity contribution in [1.82, 2.24) is 5.32 Å². The first-order valence-electron chi connectivity index (χ1n) is 4.04. The SMILES string of the molecule is FC=CCNCc1ccccc1Cl. The molecule has 13 heavy (non-hydrogen) atoms. The van der Waals surface area contributed by atoms with Crippen molar-refractivity contribution >= 4 is 11.6 Å². The number of nitrogens with one attached hydrogen (secondary N) is 1. The molecule has 0 aromatic heterocycles. The molecular weight excluding hydrogens is 189 g/mol. The summed E-state index contributed by atoms with van der Waals surface area (Å²) in [6.07, 6.45) is 1.94. The van der Waals surface area contributed by atoms with Gasteiger partial charge >= 0.3 is 0 Å². The van der Waals surface area contributed by atoms with Crippen LogP contribution in [0.1, 0.15) is 5.56 Å². The van der Waals surface area contributed by atoms with Gasteiger partial charge < -0.3 is 5.32 Å². The van der Waals surface area contributed by atoms with E-state index < -0.39 is 0 Å². The lowest BCUT2D eigenvalue weighted by molar-refractivity contribution is 0.699. The third-order valence-corrected chi connectivity index (χ3v) is 1.99. The van der Waals surface area contributed by atoms with Gasteiger partial charge in [0.05, 0.1) is 6.33 Å². The Kier molecular flexibility index (Phi) is 4.50. The van der Waals surface area contributed by atoms with Gasteiger partial charge in [0.25, 0.3) is 0 Å². The molecule has 0 heterocycles. The molecule has 1 N–H and O–H groups in total. The van der Waals surface area contributed by atoms with Crippen molar-refractivity contribution in [2.45, 2.75) is 6.54 Å². The zero-order valence-electron chi connectivity index (χ0n) is 7.13. The monoisotopic (exact) mass is 199 g/mol. The van der Waals surface area contributed by atoms with Crippen LogP contribution >= 0.6 is 11.6 Å². The summed E-state index contributed by atoms with van der Waals surface area (Å²) < 4.78 is 11.6. The average Bonchev–Trinajstić information content (AvgIpc) is 2.15. The normalized spacial score (nSPS) is 10.9. The van der Waals surface area contributed by atoms with Crippen LogP contribution in [0.2, 0.25) is 5.02 Å². The highest BCUT2D eigenvalue weighted by Gasteiger charge is 1.95. The Bertz CT molecular complexity index is 286. The maximum atomic E-state index is 11.6. The number of benzene rings is 1. The van der Waals surface area contributed by atoms with Crippen LogP contribution in [0.25, 0.3) is 0 Å². The van der Waals surface area contributed by atoms with Crippen LogP contribution in [0.15, 0.2) is 36.7 Å². The molecule has 1 nitrogen and oxygen atoms in total. The molecule has 3 heteroatoms. The fourth-order valence-electron chi connectivity index (χ4n) is 0.976. The molecule has 0 radical (unpaired) electrons. The lowest BCUT2D eigenvalue weighted by Gasteiger charge is -2.03. The second kappa shape index (κ2) is 5.73. The lowest BCUT2D eigenvalue weighted by Crippen LogP contribution is -2.12. The number of hydrogen-bond acceptors (Lipinski definition) is 1. The van der Waals surface area contributed by atoms with Gasteiger partial charge in [-0.25, -0.2) is 4.39 Å². The fraction of sp³-hybridized carbons (Fsp3) is 0.200. The van der Waals surface area contributed by atoms with Crippen molar-refractivity contribution < 1.29 is 4.39 Å². The van der Waals surface area contributed by atoms with E-state index in [1.54, 1.807) is 0 Å². The third-order valence-electron chi connectivity index (χ3n) is 1.62. The summed E-state index contributed by atoms with van der Waals surface area (Å²) in [6.45, 7) is 1.17. The van der Waals surface area contributed by atoms with Gasteiger partial charge in [0, 0.05) is 18.1 Å². The van der Waals surface area contributed by atoms with Crippen molar-refractivity contribution in [3.8, 4) is 0 Å². The minimum Gasteiger partial charge on any atom is -0.309 e. The highest BCUT2D eigenvalue weighted by atomic mass is 35.5. The fourth-order valence-corrected chi connectivity index (χ4v) is 1.18. The number of hydrogen-bond donors (Lipinski definition) is 1. The van der Waals surface area contributed by atoms with Crippen LogP contribution in [0, 0.1) is 0 Å². The molecule has 1 rings (SSSR count). The smallest absolute Gasteiger partial charge is 0.0839 e. The third kappa shape index (κ3) is 3.57. The van der Waals surface area contributed by atoms with Crippen molar-refractivity contribution in [3.63, 3.8) is 0 Å². The van der Waals surface area contributed by atoms with Crippen LogP contribution in [0.4, 0.5) is 4.39 Å². The van der Waals surface area contributed by atoms with E-state index in [0.29, 0.717) is 19.4 Å². The van der Waals surface area contributed by atoms with E-state index in [-0.39, 0.29) is 0 Å². The topological polar surface area (TPSA) is 12.0 Å². The van der Waals surface area contributed by atoms with Crippen LogP contribution in [-0.4, -0.2) is 6.54 Å². The second-order valence-corrected chi connectivity index (χ2v) is 2.99. The molecule has 0 fully saturated rings. The molecule has 0 spiro atoms. The Morgan fingerprint density at radius 2 is 2.15 bits per heavy atom. The molecular formula is C10H11ClFN. The van der Waals surface area contributed by atoms with Crippen LogP contribution in [-0.2, 0) is 6.54 Å². The maximum absolute atomic E-state index is 11.6. The summed E-state index contributed by atoms with van der Waals surface area (Å²) in [5.74, 6) is 0. The number of rotatable bonds is 4. The van der Waals surface area contributed by atoms with Crippen molar-refractivity contribution in [3.05, 3.63) is 47.3 Å². The van der Waals surface area contributed by atoms with E-state index in [1.165, 1.54) is 6.08 Å². The van der Waals surface area contributed by atoms with Gasteiger partial charge in [-0.3, -0.25) is 0 Å². The van der Waals surface area contributed by atoms with Gasteiger partial charge in [0.15, 0.2) is 0 Å². The lowest BCUT2D eigenvalue weighted by atomic mass is 10.2. The molecule has 0 atom stereocenters. The Hall–Kier alpha value is -0.860. The summed E-state index contributed by atoms with van der Waals surface area (Å²) in [5, 5.41) is 3.77. The van der Waals surface area contributed by atoms with E-state index in [2.05, 4.69) is 5.32 Å². The van der Waals surface area contributed by atoms with Crippen molar-refractivity contribution in [2.75, 3.05) is 6.54 Å². The minimum absolute atomic E-state index is 0.516. The Morgan fingerprint density at radius 1 is 1.38 bits per heavy atom. The Morgan fingerprint density at radius 3 is 2.85 bits per heavy atom. The van der Waals surface area contributed by atoms with Crippen LogP contribution < -0.4 is 5.32 Å². The number of halogens is 2. The highest BCUT2D eigenvalue weighted by molar-refractivity contribution is 6.31. The van der Waals surface area contributed by atoms with E-state index in [0.717, 1.165) is 10.6 Å². The first-order chi connectivity index (χ1) is 6.34. The van der Waals surface area contributed by atoms with E-state index in [4.69, 9.17) is 11.6 Å². The molecule has 0 aliphatic carbocycles. The summed E-state index contributed by atoms with van der Waals surface area (Å²) in [7, 11) is 0. The van der Waals surface area contributed by atoms with Gasteiger partial charge in [-0.1, -0.05) is 29.8 Å². The zero-order valence-corrected chi connectivity index (χ0v) is 7.89. The van der Waals surface area contributed by atoms with Crippen LogP contribution in [0.5, 0.6) is 0 Å². The molecule has 1 aromatic rings. The average molecular weight is 200 g/mol. The largest absolute Gasteiger partial charge is 0.309 e. The summed E-state index contributed by atoms with van der Waals surface area (Å²) in [4.78, 5) is 0. The quantitative estimate of drug-likeness (QED) is 0.736. The molecule has 70 valence electrons. The second-order valence-electron chi connectivity index (χ2n) is 2.58. The predicted octanol–water partition coefficient (Wildman–Crippen LogP) is 2.91. The maximum Gasteiger partial charge on any atom is 0.0839 e. The molecule has 0 bridgehead atoms. The van der Waals surface area contributed by atoms with Gasteiger partial charge in [-0.05, 0) is 17.7 Å². The van der Waals surface area contributed by atoms with Gasteiger partial charge in [-0.15, -0.1) is 0 Å². The molecule has 0 aliphatic rings. The molecule has 0 amide bonds. The van der Waals surface area contributed by atoms with Crippen molar-refractivity contribution in [1.29, 1.82) is 0 Å². The molecule has 0 saturated carbocycles. The first kappa shape index (κ1) is 10.2. The minimum atomic E-state index is 0.516. The van der Waals surface area contributed by atoms with Crippen molar-refractivity contribution in [2.24, 2.45) is 0 Å². The Balaban J connectivity index is 2.41. The van der Waals surface area contributed by atoms with Gasteiger partial charge in [-0.2, -0.15) is 0 Å². The summed E-state index contributed by atoms with van der Waals surface area (Å²) in [5.41, 5.74) is 1.02. The van der Waals surface area contributed by atoms with E-state index in [1.807, 2.05) is 24.3 Å². The van der Waals surface area contributed by atoms with Gasteiger partial charge in [0.1, 0.15) is 0 Å². The highest BCUT2D eigenvalue weighted by Crippen LogP contribution is 2.13. The predicted molar refractivity (Wildman–Crippen MR) is 53.4 cm³/mol.